The van der Waals surface area contributed by atoms with Crippen LogP contribution in [-0.2, 0) is 0 Å². The number of aromatic nitrogens is 3. The number of fused-ring (bicyclic) bond motifs is 1. The highest BCUT2D eigenvalue weighted by molar-refractivity contribution is 6.30. The van der Waals surface area contributed by atoms with Gasteiger partial charge in [-0.2, -0.15) is 0 Å². The molecule has 0 atom stereocenters. The zero-order chi connectivity index (χ0) is 12.5. The zero-order valence-corrected chi connectivity index (χ0v) is 10.4. The molecule has 0 amide bonds. The quantitative estimate of drug-likeness (QED) is 0.768. The van der Waals surface area contributed by atoms with Crippen LogP contribution in [0.25, 0.3) is 22.3 Å². The van der Waals surface area contributed by atoms with Crippen molar-refractivity contribution in [2.75, 3.05) is 7.11 Å². The summed E-state index contributed by atoms with van der Waals surface area (Å²) < 4.78 is 5.14. The summed E-state index contributed by atoms with van der Waals surface area (Å²) in [7, 11) is 1.64. The third-order valence-corrected chi connectivity index (χ3v) is 2.96. The van der Waals surface area contributed by atoms with Crippen molar-refractivity contribution in [3.63, 3.8) is 0 Å². The molecular formula is C13H10ClN3O. The van der Waals surface area contributed by atoms with Crippen LogP contribution >= 0.6 is 11.6 Å². The lowest BCUT2D eigenvalue weighted by molar-refractivity contribution is 0.415. The summed E-state index contributed by atoms with van der Waals surface area (Å²) in [5, 5.41) is 1.47. The normalized spacial score (nSPS) is 10.8. The Morgan fingerprint density at radius 3 is 2.67 bits per heavy atom. The van der Waals surface area contributed by atoms with Gasteiger partial charge in [-0.25, -0.2) is 9.97 Å². The first-order valence-corrected chi connectivity index (χ1v) is 5.79. The summed E-state index contributed by atoms with van der Waals surface area (Å²) in [6, 6.07) is 9.55. The van der Waals surface area contributed by atoms with Gasteiger partial charge in [0.05, 0.1) is 12.8 Å². The second kappa shape index (κ2) is 4.31. The van der Waals surface area contributed by atoms with Gasteiger partial charge in [0.25, 0.3) is 0 Å². The second-order valence-corrected chi connectivity index (χ2v) is 4.24. The number of benzene rings is 1. The Balaban J connectivity index is 2.17. The van der Waals surface area contributed by atoms with Crippen molar-refractivity contribution in [1.29, 1.82) is 0 Å². The minimum Gasteiger partial charge on any atom is -0.497 e. The Bertz CT molecular complexity index is 691. The molecule has 0 aliphatic heterocycles. The van der Waals surface area contributed by atoms with Crippen molar-refractivity contribution in [1.82, 2.24) is 15.0 Å². The van der Waals surface area contributed by atoms with E-state index < -0.39 is 0 Å². The van der Waals surface area contributed by atoms with E-state index in [0.29, 0.717) is 5.15 Å². The lowest BCUT2D eigenvalue weighted by Gasteiger charge is -2.03. The molecule has 0 spiro atoms. The Hall–Kier alpha value is -2.07. The summed E-state index contributed by atoms with van der Waals surface area (Å²) in [4.78, 5) is 11.4. The number of rotatable bonds is 2. The largest absolute Gasteiger partial charge is 0.497 e. The highest BCUT2D eigenvalue weighted by atomic mass is 35.5. The molecule has 5 heteroatoms. The number of aromatic amines is 1. The Kier molecular flexibility index (Phi) is 2.64. The molecule has 0 fully saturated rings. The van der Waals surface area contributed by atoms with E-state index in [1.54, 1.807) is 7.11 Å². The SMILES string of the molecule is COc1ccc(-c2ncnc3[nH]c(Cl)cc23)cc1. The molecule has 0 aliphatic carbocycles. The van der Waals surface area contributed by atoms with Crippen LogP contribution in [0.15, 0.2) is 36.7 Å². The molecule has 2 aromatic heterocycles. The number of hydrogen-bond donors (Lipinski definition) is 1. The molecule has 90 valence electrons. The highest BCUT2D eigenvalue weighted by Gasteiger charge is 2.09. The predicted molar refractivity (Wildman–Crippen MR) is 70.9 cm³/mol. The monoisotopic (exact) mass is 259 g/mol. The lowest BCUT2D eigenvalue weighted by Crippen LogP contribution is -1.88. The van der Waals surface area contributed by atoms with Crippen LogP contribution in [0.2, 0.25) is 5.15 Å². The van der Waals surface area contributed by atoms with Crippen LogP contribution in [0, 0.1) is 0 Å². The maximum absolute atomic E-state index is 5.95. The minimum absolute atomic E-state index is 0.556. The fourth-order valence-corrected chi connectivity index (χ4v) is 2.09. The fourth-order valence-electron chi connectivity index (χ4n) is 1.89. The molecule has 3 aromatic rings. The van der Waals surface area contributed by atoms with Gasteiger partial charge in [-0.1, -0.05) is 11.6 Å². The first kappa shape index (κ1) is 11.0. The third kappa shape index (κ3) is 1.80. The van der Waals surface area contributed by atoms with E-state index in [-0.39, 0.29) is 0 Å². The Morgan fingerprint density at radius 1 is 1.17 bits per heavy atom. The Labute approximate surface area is 109 Å². The standard InChI is InChI=1S/C13H10ClN3O/c1-18-9-4-2-8(3-5-9)12-10-6-11(14)17-13(10)16-7-15-12/h2-7H,1H3,(H,15,16,17). The van der Waals surface area contributed by atoms with Crippen molar-refractivity contribution in [3.8, 4) is 17.0 Å². The van der Waals surface area contributed by atoms with E-state index in [1.165, 1.54) is 6.33 Å². The number of hydrogen-bond acceptors (Lipinski definition) is 3. The van der Waals surface area contributed by atoms with Crippen LogP contribution in [-0.4, -0.2) is 22.1 Å². The summed E-state index contributed by atoms with van der Waals surface area (Å²) in [5.41, 5.74) is 2.59. The smallest absolute Gasteiger partial charge is 0.142 e. The van der Waals surface area contributed by atoms with Crippen LogP contribution < -0.4 is 4.74 Å². The molecule has 1 N–H and O–H groups in total. The summed E-state index contributed by atoms with van der Waals surface area (Å²) in [6.07, 6.45) is 1.52. The van der Waals surface area contributed by atoms with Crippen LogP contribution in [0.3, 0.4) is 0 Å². The average molecular weight is 260 g/mol. The number of methoxy groups -OCH3 is 1. The van der Waals surface area contributed by atoms with E-state index in [0.717, 1.165) is 28.0 Å². The van der Waals surface area contributed by atoms with Gasteiger partial charge in [0.1, 0.15) is 22.9 Å². The van der Waals surface area contributed by atoms with Gasteiger partial charge in [0, 0.05) is 10.9 Å². The van der Waals surface area contributed by atoms with Gasteiger partial charge < -0.3 is 9.72 Å². The third-order valence-electron chi connectivity index (χ3n) is 2.76. The molecule has 0 saturated carbocycles. The minimum atomic E-state index is 0.556. The van der Waals surface area contributed by atoms with E-state index in [9.17, 15) is 0 Å². The first-order valence-electron chi connectivity index (χ1n) is 5.41. The predicted octanol–water partition coefficient (Wildman–Crippen LogP) is 3.29. The highest BCUT2D eigenvalue weighted by Crippen LogP contribution is 2.28. The van der Waals surface area contributed by atoms with Crippen molar-refractivity contribution < 1.29 is 4.74 Å². The van der Waals surface area contributed by atoms with Crippen molar-refractivity contribution >= 4 is 22.6 Å². The maximum atomic E-state index is 5.95. The number of nitrogens with zero attached hydrogens (tertiary/aromatic N) is 2. The molecule has 0 bridgehead atoms. The molecule has 4 nitrogen and oxygen atoms in total. The van der Waals surface area contributed by atoms with E-state index in [4.69, 9.17) is 16.3 Å². The maximum Gasteiger partial charge on any atom is 0.142 e. The van der Waals surface area contributed by atoms with E-state index >= 15 is 0 Å². The van der Waals surface area contributed by atoms with E-state index in [2.05, 4.69) is 15.0 Å². The average Bonchev–Trinajstić information content (AvgIpc) is 2.79. The lowest BCUT2D eigenvalue weighted by atomic mass is 10.1. The Morgan fingerprint density at radius 2 is 1.94 bits per heavy atom. The molecular weight excluding hydrogens is 250 g/mol. The van der Waals surface area contributed by atoms with Gasteiger partial charge in [-0.3, -0.25) is 0 Å². The van der Waals surface area contributed by atoms with Crippen molar-refractivity contribution in [3.05, 3.63) is 41.8 Å². The van der Waals surface area contributed by atoms with Crippen LogP contribution in [0.5, 0.6) is 5.75 Å². The fraction of sp³-hybridized carbons (Fsp3) is 0.0769. The molecule has 3 rings (SSSR count). The molecule has 0 unspecified atom stereocenters. The number of ether oxygens (including phenoxy) is 1. The van der Waals surface area contributed by atoms with Gasteiger partial charge in [0.2, 0.25) is 0 Å². The van der Waals surface area contributed by atoms with Crippen LogP contribution in [0.4, 0.5) is 0 Å². The molecule has 0 saturated heterocycles. The number of H-pyrrole nitrogens is 1. The molecule has 1 aromatic carbocycles. The number of nitrogens with one attached hydrogen (secondary N) is 1. The van der Waals surface area contributed by atoms with E-state index in [1.807, 2.05) is 30.3 Å². The summed E-state index contributed by atoms with van der Waals surface area (Å²) >= 11 is 5.95. The molecule has 0 aliphatic rings. The first-order chi connectivity index (χ1) is 8.78. The molecule has 2 heterocycles. The topological polar surface area (TPSA) is 50.8 Å². The summed E-state index contributed by atoms with van der Waals surface area (Å²) in [5.74, 6) is 0.816. The number of halogens is 1. The second-order valence-electron chi connectivity index (χ2n) is 3.83. The molecule has 0 radical (unpaired) electrons. The van der Waals surface area contributed by atoms with Gasteiger partial charge in [0.15, 0.2) is 0 Å². The van der Waals surface area contributed by atoms with Crippen LogP contribution in [0.1, 0.15) is 0 Å². The van der Waals surface area contributed by atoms with Gasteiger partial charge in [-0.05, 0) is 30.3 Å². The van der Waals surface area contributed by atoms with Gasteiger partial charge >= 0.3 is 0 Å². The zero-order valence-electron chi connectivity index (χ0n) is 9.64. The van der Waals surface area contributed by atoms with Gasteiger partial charge in [-0.15, -0.1) is 0 Å². The summed E-state index contributed by atoms with van der Waals surface area (Å²) in [6.45, 7) is 0. The van der Waals surface area contributed by atoms with Crippen molar-refractivity contribution in [2.24, 2.45) is 0 Å². The molecule has 18 heavy (non-hydrogen) atoms. The van der Waals surface area contributed by atoms with Crippen molar-refractivity contribution in [2.45, 2.75) is 0 Å².